The molecule has 17 heavy (non-hydrogen) atoms. The zero-order valence-electron chi connectivity index (χ0n) is 9.48. The van der Waals surface area contributed by atoms with Gasteiger partial charge in [0.25, 0.3) is 0 Å². The lowest BCUT2D eigenvalue weighted by Crippen LogP contribution is -2.08. The van der Waals surface area contributed by atoms with Gasteiger partial charge in [-0.15, -0.1) is 0 Å². The molecule has 88 valence electrons. The first-order valence-corrected chi connectivity index (χ1v) is 5.36. The van der Waals surface area contributed by atoms with Gasteiger partial charge in [-0.1, -0.05) is 11.6 Å². The van der Waals surface area contributed by atoms with Gasteiger partial charge in [0, 0.05) is 12.1 Å². The second-order valence-electron chi connectivity index (χ2n) is 3.56. The summed E-state index contributed by atoms with van der Waals surface area (Å²) in [6, 6.07) is 4.95. The third-order valence-electron chi connectivity index (χ3n) is 2.46. The van der Waals surface area contributed by atoms with Gasteiger partial charge in [0.05, 0.1) is 25.2 Å². The van der Waals surface area contributed by atoms with Crippen LogP contribution in [0.5, 0.6) is 5.75 Å². The molecule has 4 nitrogen and oxygen atoms in total. The Morgan fingerprint density at radius 2 is 2.24 bits per heavy atom. The van der Waals surface area contributed by atoms with Crippen molar-refractivity contribution >= 4 is 17.4 Å². The van der Waals surface area contributed by atoms with Gasteiger partial charge in [0.15, 0.2) is 0 Å². The average Bonchev–Trinajstić information content (AvgIpc) is 2.74. The highest BCUT2D eigenvalue weighted by molar-refractivity contribution is 6.31. The first kappa shape index (κ1) is 11.7. The Morgan fingerprint density at radius 3 is 2.82 bits per heavy atom. The molecule has 2 aromatic rings. The van der Waals surface area contributed by atoms with E-state index in [4.69, 9.17) is 16.3 Å². The largest absolute Gasteiger partial charge is 0.496 e. The smallest absolute Gasteiger partial charge is 0.214 e. The van der Waals surface area contributed by atoms with Crippen LogP contribution >= 0.6 is 11.6 Å². The van der Waals surface area contributed by atoms with Crippen molar-refractivity contribution in [2.45, 2.75) is 0 Å². The first-order chi connectivity index (χ1) is 8.13. The van der Waals surface area contributed by atoms with Gasteiger partial charge >= 0.3 is 0 Å². The summed E-state index contributed by atoms with van der Waals surface area (Å²) in [6.45, 7) is 0. The molecule has 0 aliphatic carbocycles. The third-order valence-corrected chi connectivity index (χ3v) is 2.69. The maximum absolute atomic E-state index is 12.3. The standard InChI is InChI=1S/C12H11ClN2O2/c1-15-7-14-6-10(15)12(16)9-5-8(13)3-4-11(9)17-2/h3-7H,1-2H3. The molecule has 1 aromatic heterocycles. The van der Waals surface area contributed by atoms with Gasteiger partial charge in [-0.25, -0.2) is 4.98 Å². The number of halogens is 1. The molecule has 5 heteroatoms. The van der Waals surface area contributed by atoms with E-state index in [0.29, 0.717) is 22.0 Å². The summed E-state index contributed by atoms with van der Waals surface area (Å²) in [4.78, 5) is 16.2. The topological polar surface area (TPSA) is 44.1 Å². The van der Waals surface area contributed by atoms with Crippen LogP contribution in [0.1, 0.15) is 16.1 Å². The molecular formula is C12H11ClN2O2. The highest BCUT2D eigenvalue weighted by Crippen LogP contribution is 2.24. The second-order valence-corrected chi connectivity index (χ2v) is 4.00. The summed E-state index contributed by atoms with van der Waals surface area (Å²) in [5, 5.41) is 0.497. The Hall–Kier alpha value is -1.81. The highest BCUT2D eigenvalue weighted by Gasteiger charge is 2.17. The number of imidazole rings is 1. The van der Waals surface area contributed by atoms with Crippen molar-refractivity contribution in [3.63, 3.8) is 0 Å². The van der Waals surface area contributed by atoms with Crippen LogP contribution in [0.3, 0.4) is 0 Å². The third kappa shape index (κ3) is 2.17. The fourth-order valence-electron chi connectivity index (χ4n) is 1.57. The van der Waals surface area contributed by atoms with Crippen molar-refractivity contribution in [3.8, 4) is 5.75 Å². The number of rotatable bonds is 3. The van der Waals surface area contributed by atoms with Crippen molar-refractivity contribution in [1.29, 1.82) is 0 Å². The zero-order chi connectivity index (χ0) is 12.4. The fourth-order valence-corrected chi connectivity index (χ4v) is 1.74. The zero-order valence-corrected chi connectivity index (χ0v) is 10.2. The van der Waals surface area contributed by atoms with Crippen LogP contribution in [-0.4, -0.2) is 22.4 Å². The van der Waals surface area contributed by atoms with E-state index in [9.17, 15) is 4.79 Å². The molecule has 0 aliphatic rings. The van der Waals surface area contributed by atoms with Crippen LogP contribution in [0.4, 0.5) is 0 Å². The summed E-state index contributed by atoms with van der Waals surface area (Å²) in [6.07, 6.45) is 3.09. The molecule has 1 aromatic carbocycles. The number of benzene rings is 1. The number of carbonyl (C=O) groups is 1. The number of aryl methyl sites for hydroxylation is 1. The molecule has 2 rings (SSSR count). The monoisotopic (exact) mass is 250 g/mol. The van der Waals surface area contributed by atoms with Crippen LogP contribution < -0.4 is 4.74 Å². The lowest BCUT2D eigenvalue weighted by molar-refractivity contribution is 0.102. The van der Waals surface area contributed by atoms with Gasteiger partial charge in [0.2, 0.25) is 5.78 Å². The lowest BCUT2D eigenvalue weighted by Gasteiger charge is -2.08. The molecule has 0 radical (unpaired) electrons. The van der Waals surface area contributed by atoms with Crippen LogP contribution in [0.2, 0.25) is 5.02 Å². The van der Waals surface area contributed by atoms with E-state index in [1.54, 1.807) is 36.1 Å². The minimum atomic E-state index is -0.163. The summed E-state index contributed by atoms with van der Waals surface area (Å²) in [7, 11) is 3.28. The first-order valence-electron chi connectivity index (χ1n) is 4.98. The van der Waals surface area contributed by atoms with Gasteiger partial charge in [-0.05, 0) is 18.2 Å². The molecule has 0 amide bonds. The second kappa shape index (κ2) is 4.59. The molecule has 0 saturated carbocycles. The van der Waals surface area contributed by atoms with Crippen molar-refractivity contribution in [2.24, 2.45) is 7.05 Å². The number of hydrogen-bond donors (Lipinski definition) is 0. The molecule has 0 bridgehead atoms. The summed E-state index contributed by atoms with van der Waals surface area (Å²) in [5.41, 5.74) is 0.925. The summed E-state index contributed by atoms with van der Waals surface area (Å²) < 4.78 is 6.81. The highest BCUT2D eigenvalue weighted by atomic mass is 35.5. The number of hydrogen-bond acceptors (Lipinski definition) is 3. The maximum Gasteiger partial charge on any atom is 0.214 e. The van der Waals surface area contributed by atoms with Crippen LogP contribution in [0.15, 0.2) is 30.7 Å². The Bertz CT molecular complexity index is 563. The van der Waals surface area contributed by atoms with Gasteiger partial charge in [0.1, 0.15) is 11.4 Å². The molecule has 0 aliphatic heterocycles. The van der Waals surface area contributed by atoms with Crippen molar-refractivity contribution in [3.05, 3.63) is 47.0 Å². The minimum absolute atomic E-state index is 0.163. The SMILES string of the molecule is COc1ccc(Cl)cc1C(=O)c1cncn1C. The lowest BCUT2D eigenvalue weighted by atomic mass is 10.1. The number of ether oxygens (including phenoxy) is 1. The van der Waals surface area contributed by atoms with E-state index in [0.717, 1.165) is 0 Å². The van der Waals surface area contributed by atoms with Crippen molar-refractivity contribution in [2.75, 3.05) is 7.11 Å². The van der Waals surface area contributed by atoms with E-state index < -0.39 is 0 Å². The van der Waals surface area contributed by atoms with Gasteiger partial charge < -0.3 is 9.30 Å². The minimum Gasteiger partial charge on any atom is -0.496 e. The molecule has 0 atom stereocenters. The Morgan fingerprint density at radius 1 is 1.47 bits per heavy atom. The van der Waals surface area contributed by atoms with Crippen molar-refractivity contribution < 1.29 is 9.53 Å². The summed E-state index contributed by atoms with van der Waals surface area (Å²) >= 11 is 5.89. The van der Waals surface area contributed by atoms with E-state index in [1.165, 1.54) is 13.3 Å². The van der Waals surface area contributed by atoms with E-state index >= 15 is 0 Å². The Kier molecular flexibility index (Phi) is 3.15. The Balaban J connectivity index is 2.50. The summed E-state index contributed by atoms with van der Waals surface area (Å²) in [5.74, 6) is 0.338. The molecule has 1 heterocycles. The van der Waals surface area contributed by atoms with Gasteiger partial charge in [-0.3, -0.25) is 4.79 Å². The van der Waals surface area contributed by atoms with E-state index in [2.05, 4.69) is 4.98 Å². The molecule has 0 spiro atoms. The average molecular weight is 251 g/mol. The van der Waals surface area contributed by atoms with E-state index in [1.807, 2.05) is 0 Å². The predicted molar refractivity (Wildman–Crippen MR) is 64.6 cm³/mol. The van der Waals surface area contributed by atoms with E-state index in [-0.39, 0.29) is 5.78 Å². The number of aromatic nitrogens is 2. The molecule has 0 saturated heterocycles. The van der Waals surface area contributed by atoms with Crippen molar-refractivity contribution in [1.82, 2.24) is 9.55 Å². The maximum atomic E-state index is 12.3. The van der Waals surface area contributed by atoms with Gasteiger partial charge in [-0.2, -0.15) is 0 Å². The van der Waals surface area contributed by atoms with Crippen LogP contribution in [0, 0.1) is 0 Å². The van der Waals surface area contributed by atoms with Crippen LogP contribution in [0.25, 0.3) is 0 Å². The number of carbonyl (C=O) groups excluding carboxylic acids is 1. The fraction of sp³-hybridized carbons (Fsp3) is 0.167. The molecular weight excluding hydrogens is 240 g/mol. The quantitative estimate of drug-likeness (QED) is 0.786. The molecule has 0 N–H and O–H groups in total. The predicted octanol–water partition coefficient (Wildman–Crippen LogP) is 2.31. The number of methoxy groups -OCH3 is 1. The molecule has 0 unspecified atom stereocenters. The normalized spacial score (nSPS) is 10.3. The number of ketones is 1. The number of nitrogens with zero attached hydrogens (tertiary/aromatic N) is 2. The van der Waals surface area contributed by atoms with Crippen LogP contribution in [-0.2, 0) is 7.05 Å². The Labute approximate surface area is 104 Å². The molecule has 0 fully saturated rings.